The molecule has 1 aromatic carbocycles. The third kappa shape index (κ3) is 6.26. The number of rotatable bonds is 9. The van der Waals surface area contributed by atoms with Gasteiger partial charge in [-0.05, 0) is 50.2 Å². The van der Waals surface area contributed by atoms with Crippen molar-refractivity contribution in [1.29, 1.82) is 0 Å². The molecule has 2 aliphatic rings. The fourth-order valence-corrected chi connectivity index (χ4v) is 4.81. The highest BCUT2D eigenvalue weighted by Crippen LogP contribution is 2.29. The number of carbonyl (C=O) groups excluding carboxylic acids is 2. The number of anilines is 2. The zero-order chi connectivity index (χ0) is 21.7. The lowest BCUT2D eigenvalue weighted by Gasteiger charge is -2.29. The lowest BCUT2D eigenvalue weighted by Crippen LogP contribution is -2.36. The van der Waals surface area contributed by atoms with E-state index >= 15 is 0 Å². The Bertz CT molecular complexity index is 764. The van der Waals surface area contributed by atoms with Gasteiger partial charge in [-0.1, -0.05) is 0 Å². The van der Waals surface area contributed by atoms with Gasteiger partial charge in [0.05, 0.1) is 31.1 Å². The average Bonchev–Trinajstić information content (AvgIpc) is 3.06. The summed E-state index contributed by atoms with van der Waals surface area (Å²) < 4.78 is 25.3. The molecule has 1 N–H and O–H groups in total. The maximum Gasteiger partial charge on any atom is 0.414 e. The third-order valence-corrected chi connectivity index (χ3v) is 7.04. The van der Waals surface area contributed by atoms with Crippen molar-refractivity contribution in [2.75, 3.05) is 42.6 Å². The van der Waals surface area contributed by atoms with Crippen LogP contribution in [0, 0.1) is 5.82 Å². The number of Topliss-reactive ketones (excluding diaryl/α,β-unsaturated/α-hetero) is 1. The Hall–Kier alpha value is -1.97. The van der Waals surface area contributed by atoms with Crippen LogP contribution in [0.2, 0.25) is 19.1 Å². The molecule has 2 aliphatic heterocycles. The van der Waals surface area contributed by atoms with Crippen molar-refractivity contribution in [1.82, 2.24) is 0 Å². The number of ketones is 1. The van der Waals surface area contributed by atoms with E-state index in [0.717, 1.165) is 0 Å². The number of carbonyl (C=O) groups is 2. The van der Waals surface area contributed by atoms with Crippen molar-refractivity contribution >= 4 is 31.6 Å². The van der Waals surface area contributed by atoms with Crippen molar-refractivity contribution in [3.8, 4) is 0 Å². The molecule has 0 aliphatic carbocycles. The Morgan fingerprint density at radius 3 is 2.67 bits per heavy atom. The van der Waals surface area contributed by atoms with Crippen LogP contribution in [0.5, 0.6) is 0 Å². The highest BCUT2D eigenvalue weighted by atomic mass is 28.4. The summed E-state index contributed by atoms with van der Waals surface area (Å²) in [4.78, 5) is 37.5. The molecule has 0 bridgehead atoms. The first-order valence-corrected chi connectivity index (χ1v) is 13.7. The molecule has 2 fully saturated rings. The van der Waals surface area contributed by atoms with Gasteiger partial charge in [-0.15, -0.1) is 0 Å². The first-order valence-electron chi connectivity index (χ1n) is 10.6. The predicted octanol–water partition coefficient (Wildman–Crippen LogP) is 3.31. The van der Waals surface area contributed by atoms with Crippen molar-refractivity contribution in [3.63, 3.8) is 0 Å². The van der Waals surface area contributed by atoms with Crippen LogP contribution in [0.25, 0.3) is 0 Å². The molecule has 7 nitrogen and oxygen atoms in total. The van der Waals surface area contributed by atoms with Crippen LogP contribution in [-0.4, -0.2) is 63.9 Å². The van der Waals surface area contributed by atoms with Gasteiger partial charge < -0.3 is 19.2 Å². The van der Waals surface area contributed by atoms with E-state index in [1.807, 2.05) is 18.0 Å². The number of amides is 1. The fourth-order valence-electron chi connectivity index (χ4n) is 3.77. The molecule has 1 atom stereocenters. The Balaban J connectivity index is 1.50. The van der Waals surface area contributed by atoms with E-state index in [2.05, 4.69) is 0 Å². The van der Waals surface area contributed by atoms with Crippen molar-refractivity contribution < 1.29 is 28.2 Å². The lowest BCUT2D eigenvalue weighted by molar-refractivity contribution is -0.119. The molecule has 0 saturated carbocycles. The molecule has 2 saturated heterocycles. The number of cyclic esters (lactones) is 1. The van der Waals surface area contributed by atoms with Crippen molar-refractivity contribution in [2.24, 2.45) is 0 Å². The molecule has 3 rings (SSSR count). The maximum absolute atomic E-state index is 14.6. The van der Waals surface area contributed by atoms with Gasteiger partial charge >= 0.3 is 6.09 Å². The largest absolute Gasteiger partial charge is 0.444 e. The number of morpholine rings is 1. The van der Waals surface area contributed by atoms with E-state index in [9.17, 15) is 18.8 Å². The summed E-state index contributed by atoms with van der Waals surface area (Å²) in [6.45, 7) is 6.44. The van der Waals surface area contributed by atoms with Gasteiger partial charge in [0.2, 0.25) is 0 Å². The fraction of sp³-hybridized carbons (Fsp3) is 0.619. The van der Waals surface area contributed by atoms with Crippen LogP contribution in [-0.2, 0) is 14.3 Å². The normalized spacial score (nSPS) is 19.9. The molecule has 1 amide bonds. The summed E-state index contributed by atoms with van der Waals surface area (Å²) in [6.07, 6.45) is 1.03. The smallest absolute Gasteiger partial charge is 0.414 e. The van der Waals surface area contributed by atoms with Gasteiger partial charge in [0.25, 0.3) is 0 Å². The average molecular weight is 439 g/mol. The van der Waals surface area contributed by atoms with Crippen molar-refractivity contribution in [2.45, 2.75) is 50.9 Å². The van der Waals surface area contributed by atoms with E-state index in [0.29, 0.717) is 76.0 Å². The van der Waals surface area contributed by atoms with Crippen LogP contribution >= 0.6 is 0 Å². The predicted molar refractivity (Wildman–Crippen MR) is 115 cm³/mol. The molecule has 0 spiro atoms. The molecule has 2 heterocycles. The summed E-state index contributed by atoms with van der Waals surface area (Å²) in [7, 11) is -2.12. The van der Waals surface area contributed by atoms with E-state index < -0.39 is 14.4 Å². The second kappa shape index (κ2) is 9.89. The van der Waals surface area contributed by atoms with Gasteiger partial charge in [-0.3, -0.25) is 9.69 Å². The Labute approximate surface area is 177 Å². The molecule has 0 unspecified atom stereocenters. The van der Waals surface area contributed by atoms with Crippen LogP contribution in [0.1, 0.15) is 25.7 Å². The quantitative estimate of drug-likeness (QED) is 0.596. The molecule has 9 heteroatoms. The van der Waals surface area contributed by atoms with Crippen molar-refractivity contribution in [3.05, 3.63) is 24.0 Å². The Morgan fingerprint density at radius 1 is 1.27 bits per heavy atom. The highest BCUT2D eigenvalue weighted by Gasteiger charge is 2.33. The minimum Gasteiger partial charge on any atom is -0.444 e. The van der Waals surface area contributed by atoms with Crippen LogP contribution in [0.3, 0.4) is 0 Å². The summed E-state index contributed by atoms with van der Waals surface area (Å²) in [6, 6.07) is 5.48. The minimum atomic E-state index is -2.12. The summed E-state index contributed by atoms with van der Waals surface area (Å²) in [5.74, 6) is -0.264. The van der Waals surface area contributed by atoms with Crippen LogP contribution < -0.4 is 9.80 Å². The monoisotopic (exact) mass is 438 g/mol. The topological polar surface area (TPSA) is 79.3 Å². The number of halogens is 1. The van der Waals surface area contributed by atoms with Crippen LogP contribution in [0.15, 0.2) is 18.2 Å². The zero-order valence-electron chi connectivity index (χ0n) is 17.7. The van der Waals surface area contributed by atoms with Gasteiger partial charge in [0.1, 0.15) is 17.7 Å². The van der Waals surface area contributed by atoms with Gasteiger partial charge in [0, 0.05) is 25.9 Å². The van der Waals surface area contributed by atoms with Crippen LogP contribution in [0.4, 0.5) is 20.6 Å². The second-order valence-electron chi connectivity index (χ2n) is 8.59. The number of nitrogens with zero attached hydrogens (tertiary/aromatic N) is 2. The first-order chi connectivity index (χ1) is 14.2. The minimum absolute atomic E-state index is 0.114. The number of ether oxygens (including phenoxy) is 2. The molecular weight excluding hydrogens is 407 g/mol. The second-order valence-corrected chi connectivity index (χ2v) is 12.7. The lowest BCUT2D eigenvalue weighted by atomic mass is 10.1. The van der Waals surface area contributed by atoms with Gasteiger partial charge in [-0.2, -0.15) is 0 Å². The summed E-state index contributed by atoms with van der Waals surface area (Å²) >= 11 is 0. The van der Waals surface area contributed by atoms with E-state index in [4.69, 9.17) is 9.47 Å². The number of benzene rings is 1. The Morgan fingerprint density at radius 2 is 2.00 bits per heavy atom. The molecular formula is C21H31FN2O5Si. The summed E-state index contributed by atoms with van der Waals surface area (Å²) in [5, 5.41) is 0. The number of hydrogen-bond donors (Lipinski definition) is 1. The summed E-state index contributed by atoms with van der Waals surface area (Å²) in [5.41, 5.74) is 0.962. The van der Waals surface area contributed by atoms with E-state index in [1.54, 1.807) is 12.1 Å². The molecule has 30 heavy (non-hydrogen) atoms. The van der Waals surface area contributed by atoms with E-state index in [1.165, 1.54) is 11.0 Å². The highest BCUT2D eigenvalue weighted by molar-refractivity contribution is 6.69. The number of hydrogen-bond acceptors (Lipinski definition) is 6. The van der Waals surface area contributed by atoms with Gasteiger partial charge in [0.15, 0.2) is 8.32 Å². The third-order valence-electron chi connectivity index (χ3n) is 5.46. The molecule has 0 radical (unpaired) electrons. The first kappa shape index (κ1) is 22.7. The van der Waals surface area contributed by atoms with Gasteiger partial charge in [-0.25, -0.2) is 9.18 Å². The molecule has 1 aromatic rings. The van der Waals surface area contributed by atoms with E-state index in [-0.39, 0.29) is 17.7 Å². The molecule has 166 valence electrons. The molecule has 0 aromatic heterocycles. The zero-order valence-corrected chi connectivity index (χ0v) is 18.7. The Kier molecular flexibility index (Phi) is 7.48. The standard InChI is InChI=1S/C21H31FN2O5Si/c1-30(2,27)13-3-4-17(25)6-7-18-15-24(21(26)29-18)16-5-8-20(19(22)14-16)23-9-11-28-12-10-23/h5,8,14,18,27H,3-4,6-7,9-13,15H2,1-2H3/t18-/m0/s1. The maximum atomic E-state index is 14.6. The SMILES string of the molecule is C[Si](C)(O)CCCC(=O)CC[C@H]1CN(c2ccc(N3CCOCC3)c(F)c2)C(=O)O1.